The second kappa shape index (κ2) is 7.55. The van der Waals surface area contributed by atoms with Gasteiger partial charge in [0.2, 0.25) is 0 Å². The zero-order chi connectivity index (χ0) is 18.1. The Morgan fingerprint density at radius 3 is 2.81 bits per heavy atom. The SMILES string of the molecule is FC(F)[C@@H]1C[C@@H](n2ncc3c(Cl)cc(SCc4ccccc4)cc32)CN1. The lowest BCUT2D eigenvalue weighted by molar-refractivity contribution is 0.106. The van der Waals surface area contributed by atoms with Gasteiger partial charge in [-0.15, -0.1) is 11.8 Å². The number of alkyl halides is 2. The fourth-order valence-electron chi connectivity index (χ4n) is 3.32. The molecule has 0 bridgehead atoms. The molecule has 2 heterocycles. The molecule has 0 unspecified atom stereocenters. The Hall–Kier alpha value is -1.63. The first-order chi connectivity index (χ1) is 12.6. The molecule has 3 aromatic rings. The molecule has 3 nitrogen and oxygen atoms in total. The van der Waals surface area contributed by atoms with Crippen molar-refractivity contribution in [2.24, 2.45) is 0 Å². The molecule has 1 aliphatic heterocycles. The van der Waals surface area contributed by atoms with Gasteiger partial charge in [0.05, 0.1) is 28.8 Å². The fourth-order valence-corrected chi connectivity index (χ4v) is 4.57. The zero-order valence-electron chi connectivity index (χ0n) is 13.9. The van der Waals surface area contributed by atoms with Gasteiger partial charge >= 0.3 is 0 Å². The van der Waals surface area contributed by atoms with Crippen molar-refractivity contribution in [3.63, 3.8) is 0 Å². The number of thioether (sulfide) groups is 1. The summed E-state index contributed by atoms with van der Waals surface area (Å²) < 4.78 is 27.7. The molecule has 2 atom stereocenters. The molecule has 0 saturated carbocycles. The van der Waals surface area contributed by atoms with E-state index < -0.39 is 12.5 Å². The maximum Gasteiger partial charge on any atom is 0.253 e. The van der Waals surface area contributed by atoms with Crippen molar-refractivity contribution in [1.82, 2.24) is 15.1 Å². The number of nitrogens with zero attached hydrogens (tertiary/aromatic N) is 2. The molecule has 1 N–H and O–H groups in total. The van der Waals surface area contributed by atoms with E-state index in [1.807, 2.05) is 28.9 Å². The maximum absolute atomic E-state index is 12.9. The largest absolute Gasteiger partial charge is 0.307 e. The van der Waals surface area contributed by atoms with Crippen LogP contribution in [0, 0.1) is 0 Å². The second-order valence-corrected chi connectivity index (χ2v) is 7.90. The van der Waals surface area contributed by atoms with E-state index in [0.717, 1.165) is 21.6 Å². The van der Waals surface area contributed by atoms with Gasteiger partial charge in [-0.2, -0.15) is 5.10 Å². The van der Waals surface area contributed by atoms with Crippen LogP contribution in [0.15, 0.2) is 53.6 Å². The molecular formula is C19H18ClF2N3S. The lowest BCUT2D eigenvalue weighted by Crippen LogP contribution is -2.28. The van der Waals surface area contributed by atoms with Crippen LogP contribution in [0.5, 0.6) is 0 Å². The fraction of sp³-hybridized carbons (Fsp3) is 0.316. The van der Waals surface area contributed by atoms with E-state index in [-0.39, 0.29) is 6.04 Å². The Labute approximate surface area is 159 Å². The average molecular weight is 394 g/mol. The highest BCUT2D eigenvalue weighted by Crippen LogP contribution is 2.34. The lowest BCUT2D eigenvalue weighted by Gasteiger charge is -2.13. The van der Waals surface area contributed by atoms with Gasteiger partial charge in [-0.1, -0.05) is 41.9 Å². The van der Waals surface area contributed by atoms with Crippen LogP contribution in [0.2, 0.25) is 5.02 Å². The summed E-state index contributed by atoms with van der Waals surface area (Å²) in [5, 5.41) is 8.81. The quantitative estimate of drug-likeness (QED) is 0.608. The summed E-state index contributed by atoms with van der Waals surface area (Å²) in [5.41, 5.74) is 2.14. The van der Waals surface area contributed by atoms with Crippen molar-refractivity contribution < 1.29 is 8.78 Å². The van der Waals surface area contributed by atoms with Crippen LogP contribution in [0.4, 0.5) is 8.78 Å². The van der Waals surface area contributed by atoms with Crippen LogP contribution in [0.3, 0.4) is 0 Å². The summed E-state index contributed by atoms with van der Waals surface area (Å²) >= 11 is 8.14. The van der Waals surface area contributed by atoms with Gasteiger partial charge in [0, 0.05) is 22.6 Å². The average Bonchev–Trinajstić information content (AvgIpc) is 3.28. The summed E-state index contributed by atoms with van der Waals surface area (Å²) in [7, 11) is 0. The summed E-state index contributed by atoms with van der Waals surface area (Å²) in [4.78, 5) is 1.05. The van der Waals surface area contributed by atoms with E-state index in [4.69, 9.17) is 11.6 Å². The molecule has 0 spiro atoms. The number of benzene rings is 2. The van der Waals surface area contributed by atoms with Crippen molar-refractivity contribution in [3.8, 4) is 0 Å². The van der Waals surface area contributed by atoms with Crippen LogP contribution in [0.1, 0.15) is 18.0 Å². The number of hydrogen-bond donors (Lipinski definition) is 1. The highest BCUT2D eigenvalue weighted by Gasteiger charge is 2.32. The predicted molar refractivity (Wildman–Crippen MR) is 102 cm³/mol. The molecule has 4 rings (SSSR count). The van der Waals surface area contributed by atoms with Crippen LogP contribution in [-0.2, 0) is 5.75 Å². The van der Waals surface area contributed by atoms with Crippen molar-refractivity contribution >= 4 is 34.3 Å². The third-order valence-corrected chi connectivity index (χ3v) is 6.04. The Morgan fingerprint density at radius 1 is 1.27 bits per heavy atom. The monoisotopic (exact) mass is 393 g/mol. The van der Waals surface area contributed by atoms with Gasteiger partial charge in [0.1, 0.15) is 0 Å². The number of fused-ring (bicyclic) bond motifs is 1. The predicted octanol–water partition coefficient (Wildman–Crippen LogP) is 5.15. The van der Waals surface area contributed by atoms with E-state index in [2.05, 4.69) is 28.6 Å². The van der Waals surface area contributed by atoms with E-state index in [1.54, 1.807) is 18.0 Å². The normalized spacial score (nSPS) is 20.3. The van der Waals surface area contributed by atoms with E-state index >= 15 is 0 Å². The van der Waals surface area contributed by atoms with Crippen LogP contribution in [-0.4, -0.2) is 28.8 Å². The molecule has 7 heteroatoms. The van der Waals surface area contributed by atoms with E-state index in [9.17, 15) is 8.78 Å². The first-order valence-corrected chi connectivity index (χ1v) is 9.83. The highest BCUT2D eigenvalue weighted by molar-refractivity contribution is 7.98. The van der Waals surface area contributed by atoms with Gasteiger partial charge in [0.25, 0.3) is 6.43 Å². The molecule has 1 aromatic heterocycles. The van der Waals surface area contributed by atoms with Gasteiger partial charge in [-0.3, -0.25) is 4.68 Å². The number of nitrogens with one attached hydrogen (secondary N) is 1. The number of aromatic nitrogens is 2. The van der Waals surface area contributed by atoms with Crippen molar-refractivity contribution in [3.05, 3.63) is 59.2 Å². The molecule has 2 aromatic carbocycles. The minimum Gasteiger partial charge on any atom is -0.307 e. The smallest absolute Gasteiger partial charge is 0.253 e. The summed E-state index contributed by atoms with van der Waals surface area (Å²) in [6.45, 7) is 0.491. The molecule has 1 saturated heterocycles. The Bertz CT molecular complexity index is 900. The van der Waals surface area contributed by atoms with Gasteiger partial charge < -0.3 is 5.32 Å². The Kier molecular flexibility index (Phi) is 5.16. The van der Waals surface area contributed by atoms with Crippen molar-refractivity contribution in [1.29, 1.82) is 0 Å². The molecule has 1 fully saturated rings. The summed E-state index contributed by atoms with van der Waals surface area (Å²) in [5.74, 6) is 0.843. The topological polar surface area (TPSA) is 29.9 Å². The van der Waals surface area contributed by atoms with E-state index in [0.29, 0.717) is 18.0 Å². The van der Waals surface area contributed by atoms with Crippen molar-refractivity contribution in [2.75, 3.05) is 6.54 Å². The van der Waals surface area contributed by atoms with Gasteiger partial charge in [0.15, 0.2) is 0 Å². The minimum absolute atomic E-state index is 0.0862. The second-order valence-electron chi connectivity index (χ2n) is 6.44. The Balaban J connectivity index is 1.59. The van der Waals surface area contributed by atoms with E-state index in [1.165, 1.54) is 5.56 Å². The zero-order valence-corrected chi connectivity index (χ0v) is 15.5. The lowest BCUT2D eigenvalue weighted by atomic mass is 10.1. The molecule has 0 amide bonds. The van der Waals surface area contributed by atoms with Crippen LogP contribution < -0.4 is 5.32 Å². The molecule has 0 aliphatic carbocycles. The van der Waals surface area contributed by atoms with Crippen LogP contribution >= 0.6 is 23.4 Å². The van der Waals surface area contributed by atoms with Gasteiger partial charge in [-0.05, 0) is 24.1 Å². The highest BCUT2D eigenvalue weighted by atomic mass is 35.5. The third-order valence-electron chi connectivity index (χ3n) is 4.68. The molecular weight excluding hydrogens is 376 g/mol. The summed E-state index contributed by atoms with van der Waals surface area (Å²) in [6, 6.07) is 13.4. The van der Waals surface area contributed by atoms with Crippen LogP contribution in [0.25, 0.3) is 10.9 Å². The Morgan fingerprint density at radius 2 is 2.08 bits per heavy atom. The first kappa shape index (κ1) is 17.8. The van der Waals surface area contributed by atoms with Gasteiger partial charge in [-0.25, -0.2) is 8.78 Å². The van der Waals surface area contributed by atoms with Crippen molar-refractivity contribution in [2.45, 2.75) is 35.6 Å². The number of hydrogen-bond acceptors (Lipinski definition) is 3. The molecule has 0 radical (unpaired) electrons. The number of halogens is 3. The standard InChI is InChI=1S/C19H18ClF2N3S/c20-16-7-14(26-11-12-4-2-1-3-5-12)8-18-15(16)10-24-25(18)13-6-17(19(21)22)23-9-13/h1-5,7-8,10,13,17,19,23H,6,9,11H2/t13-,17+/m1/s1. The minimum atomic E-state index is -2.36. The maximum atomic E-state index is 12.9. The molecule has 1 aliphatic rings. The first-order valence-electron chi connectivity index (χ1n) is 8.47. The summed E-state index contributed by atoms with van der Waals surface area (Å²) in [6.07, 6.45) is -0.269. The number of rotatable bonds is 5. The molecule has 136 valence electrons. The molecule has 26 heavy (non-hydrogen) atoms. The third kappa shape index (κ3) is 3.59.